The van der Waals surface area contributed by atoms with Crippen molar-refractivity contribution in [2.45, 2.75) is 32.5 Å². The minimum absolute atomic E-state index is 0.0461. The van der Waals surface area contributed by atoms with Crippen LogP contribution in [-0.2, 0) is 4.74 Å². The number of anilines is 2. The third-order valence-corrected chi connectivity index (χ3v) is 2.67. The van der Waals surface area contributed by atoms with Crippen molar-refractivity contribution < 1.29 is 19.0 Å². The maximum Gasteiger partial charge on any atom is 0.412 e. The van der Waals surface area contributed by atoms with E-state index < -0.39 is 23.6 Å². The van der Waals surface area contributed by atoms with E-state index in [2.05, 4.69) is 10.6 Å². The second kappa shape index (κ2) is 7.47. The molecule has 0 saturated carbocycles. The molecule has 1 rings (SSSR count). The van der Waals surface area contributed by atoms with Crippen LogP contribution in [-0.4, -0.2) is 35.3 Å². The number of hydrogen-bond acceptors (Lipinski definition) is 4. The first-order chi connectivity index (χ1) is 9.71. The maximum absolute atomic E-state index is 13.6. The van der Waals surface area contributed by atoms with Crippen LogP contribution in [0.25, 0.3) is 0 Å². The minimum Gasteiger partial charge on any atom is -0.444 e. The number of ether oxygens (including phenoxy) is 1. The molecule has 21 heavy (non-hydrogen) atoms. The summed E-state index contributed by atoms with van der Waals surface area (Å²) in [6.07, 6.45) is -1.41. The van der Waals surface area contributed by atoms with E-state index in [9.17, 15) is 14.3 Å². The van der Waals surface area contributed by atoms with E-state index >= 15 is 0 Å². The molecule has 0 aliphatic heterocycles. The SMILES string of the molecule is CC(C)(C)OC(=O)Nc1ccc(F)c(NCC(O)CCl)c1. The molecule has 118 valence electrons. The normalized spacial score (nSPS) is 12.7. The number of rotatable bonds is 5. The Bertz CT molecular complexity index is 492. The smallest absolute Gasteiger partial charge is 0.412 e. The fourth-order valence-corrected chi connectivity index (χ4v) is 1.55. The van der Waals surface area contributed by atoms with Crippen molar-refractivity contribution in [1.82, 2.24) is 0 Å². The number of carbonyl (C=O) groups is 1. The van der Waals surface area contributed by atoms with Crippen LogP contribution in [0.15, 0.2) is 18.2 Å². The summed E-state index contributed by atoms with van der Waals surface area (Å²) in [7, 11) is 0. The lowest BCUT2D eigenvalue weighted by Gasteiger charge is -2.20. The largest absolute Gasteiger partial charge is 0.444 e. The molecular weight excluding hydrogens is 299 g/mol. The second-order valence-corrected chi connectivity index (χ2v) is 5.82. The zero-order valence-electron chi connectivity index (χ0n) is 12.2. The molecule has 0 saturated heterocycles. The highest BCUT2D eigenvalue weighted by molar-refractivity contribution is 6.18. The molecule has 1 aromatic rings. The third kappa shape index (κ3) is 6.64. The monoisotopic (exact) mass is 318 g/mol. The molecule has 1 unspecified atom stereocenters. The number of amides is 1. The Labute approximate surface area is 128 Å². The first-order valence-corrected chi connectivity index (χ1v) is 7.02. The third-order valence-electron chi connectivity index (χ3n) is 2.32. The predicted molar refractivity (Wildman–Crippen MR) is 81.5 cm³/mol. The first kappa shape index (κ1) is 17.5. The Hall–Kier alpha value is -1.53. The van der Waals surface area contributed by atoms with Crippen LogP contribution in [0.2, 0.25) is 0 Å². The molecule has 0 spiro atoms. The van der Waals surface area contributed by atoms with Gasteiger partial charge in [-0.3, -0.25) is 5.32 Å². The number of carbonyl (C=O) groups excluding carboxylic acids is 1. The Balaban J connectivity index is 2.70. The average Bonchev–Trinajstić information content (AvgIpc) is 2.36. The Morgan fingerprint density at radius 1 is 1.48 bits per heavy atom. The molecule has 1 amide bonds. The standard InChI is InChI=1S/C14H20ClFN2O3/c1-14(2,3)21-13(20)18-9-4-5-11(16)12(6-9)17-8-10(19)7-15/h4-6,10,17,19H,7-8H2,1-3H3,(H,18,20). The Morgan fingerprint density at radius 3 is 2.71 bits per heavy atom. The summed E-state index contributed by atoms with van der Waals surface area (Å²) in [6.45, 7) is 5.35. The van der Waals surface area contributed by atoms with Crippen LogP contribution in [0.4, 0.5) is 20.6 Å². The highest BCUT2D eigenvalue weighted by atomic mass is 35.5. The van der Waals surface area contributed by atoms with Crippen molar-refractivity contribution in [3.8, 4) is 0 Å². The molecule has 0 bridgehead atoms. The quantitative estimate of drug-likeness (QED) is 0.729. The molecule has 0 aliphatic rings. The van der Waals surface area contributed by atoms with Crippen molar-refractivity contribution in [1.29, 1.82) is 0 Å². The number of aliphatic hydroxyl groups is 1. The number of hydrogen-bond donors (Lipinski definition) is 3. The van der Waals surface area contributed by atoms with Gasteiger partial charge in [-0.15, -0.1) is 11.6 Å². The van der Waals surface area contributed by atoms with Crippen LogP contribution in [0, 0.1) is 5.82 Å². The van der Waals surface area contributed by atoms with Crippen molar-refractivity contribution in [3.63, 3.8) is 0 Å². The summed E-state index contributed by atoms with van der Waals surface area (Å²) in [4.78, 5) is 11.6. The zero-order chi connectivity index (χ0) is 16.0. The molecule has 0 aliphatic carbocycles. The number of benzene rings is 1. The lowest BCUT2D eigenvalue weighted by Crippen LogP contribution is -2.27. The molecule has 0 heterocycles. The van der Waals surface area contributed by atoms with Gasteiger partial charge in [-0.05, 0) is 39.0 Å². The summed E-state index contributed by atoms with van der Waals surface area (Å²) in [5.74, 6) is -0.448. The lowest BCUT2D eigenvalue weighted by molar-refractivity contribution is 0.0636. The van der Waals surface area contributed by atoms with Gasteiger partial charge in [0.15, 0.2) is 0 Å². The summed E-state index contributed by atoms with van der Waals surface area (Å²) < 4.78 is 18.7. The van der Waals surface area contributed by atoms with E-state index in [0.29, 0.717) is 5.69 Å². The van der Waals surface area contributed by atoms with E-state index in [1.165, 1.54) is 18.2 Å². The van der Waals surface area contributed by atoms with Crippen LogP contribution in [0.1, 0.15) is 20.8 Å². The highest BCUT2D eigenvalue weighted by Gasteiger charge is 2.16. The molecule has 0 fully saturated rings. The number of nitrogens with one attached hydrogen (secondary N) is 2. The van der Waals surface area contributed by atoms with Crippen molar-refractivity contribution >= 4 is 29.1 Å². The topological polar surface area (TPSA) is 70.6 Å². The van der Waals surface area contributed by atoms with E-state index in [-0.39, 0.29) is 18.1 Å². The lowest BCUT2D eigenvalue weighted by atomic mass is 10.2. The molecule has 1 atom stereocenters. The van der Waals surface area contributed by atoms with Crippen molar-refractivity contribution in [2.24, 2.45) is 0 Å². The second-order valence-electron chi connectivity index (χ2n) is 5.51. The summed E-state index contributed by atoms with van der Waals surface area (Å²) in [6, 6.07) is 4.05. The van der Waals surface area contributed by atoms with Crippen molar-refractivity contribution in [3.05, 3.63) is 24.0 Å². The fourth-order valence-electron chi connectivity index (χ4n) is 1.44. The van der Waals surface area contributed by atoms with E-state index in [0.717, 1.165) is 0 Å². The summed E-state index contributed by atoms with van der Waals surface area (Å²) in [5.41, 5.74) is -0.0726. The van der Waals surface area contributed by atoms with Crippen LogP contribution in [0.5, 0.6) is 0 Å². The molecule has 0 aromatic heterocycles. The van der Waals surface area contributed by atoms with Gasteiger partial charge in [0.1, 0.15) is 11.4 Å². The van der Waals surface area contributed by atoms with E-state index in [4.69, 9.17) is 16.3 Å². The van der Waals surface area contributed by atoms with Gasteiger partial charge in [-0.1, -0.05) is 0 Å². The zero-order valence-corrected chi connectivity index (χ0v) is 13.0. The maximum atomic E-state index is 13.6. The van der Waals surface area contributed by atoms with Gasteiger partial charge >= 0.3 is 6.09 Å². The van der Waals surface area contributed by atoms with Gasteiger partial charge < -0.3 is 15.2 Å². The number of alkyl halides is 1. The minimum atomic E-state index is -0.784. The number of halogens is 2. The predicted octanol–water partition coefficient (Wildman–Crippen LogP) is 3.18. The Morgan fingerprint density at radius 2 is 2.14 bits per heavy atom. The van der Waals surface area contributed by atoms with E-state index in [1.54, 1.807) is 20.8 Å². The molecule has 0 radical (unpaired) electrons. The summed E-state index contributed by atoms with van der Waals surface area (Å²) in [5, 5.41) is 14.6. The van der Waals surface area contributed by atoms with Gasteiger partial charge in [-0.2, -0.15) is 0 Å². The highest BCUT2D eigenvalue weighted by Crippen LogP contribution is 2.20. The first-order valence-electron chi connectivity index (χ1n) is 6.48. The molecule has 5 nitrogen and oxygen atoms in total. The van der Waals surface area contributed by atoms with Crippen LogP contribution < -0.4 is 10.6 Å². The van der Waals surface area contributed by atoms with Gasteiger partial charge in [-0.25, -0.2) is 9.18 Å². The summed E-state index contributed by atoms with van der Waals surface area (Å²) >= 11 is 5.46. The number of aliphatic hydroxyl groups excluding tert-OH is 1. The van der Waals surface area contributed by atoms with Gasteiger partial charge in [0, 0.05) is 12.2 Å². The fraction of sp³-hybridized carbons (Fsp3) is 0.500. The Kier molecular flexibility index (Phi) is 6.23. The molecular formula is C14H20ClFN2O3. The molecule has 3 N–H and O–H groups in total. The van der Waals surface area contributed by atoms with Crippen LogP contribution >= 0.6 is 11.6 Å². The van der Waals surface area contributed by atoms with Gasteiger partial charge in [0.05, 0.1) is 17.7 Å². The van der Waals surface area contributed by atoms with Crippen LogP contribution in [0.3, 0.4) is 0 Å². The molecule has 1 aromatic carbocycles. The average molecular weight is 319 g/mol. The van der Waals surface area contributed by atoms with Crippen molar-refractivity contribution in [2.75, 3.05) is 23.1 Å². The van der Waals surface area contributed by atoms with Gasteiger partial charge in [0.25, 0.3) is 0 Å². The molecule has 7 heteroatoms. The van der Waals surface area contributed by atoms with E-state index in [1.807, 2.05) is 0 Å². The van der Waals surface area contributed by atoms with Gasteiger partial charge in [0.2, 0.25) is 0 Å².